The predicted octanol–water partition coefficient (Wildman–Crippen LogP) is 3.17. The molecule has 1 aromatic carbocycles. The van der Waals surface area contributed by atoms with Crippen LogP contribution >= 0.6 is 45.9 Å². The van der Waals surface area contributed by atoms with E-state index in [1.165, 1.54) is 70.6 Å². The van der Waals surface area contributed by atoms with Crippen molar-refractivity contribution in [2.45, 2.75) is 106 Å². The van der Waals surface area contributed by atoms with Crippen LogP contribution in [0.15, 0.2) is 88.8 Å². The zero-order valence-corrected chi connectivity index (χ0v) is 55.2. The molecule has 5 aromatic heterocycles. The highest BCUT2D eigenvalue weighted by Crippen LogP contribution is 2.34. The van der Waals surface area contributed by atoms with E-state index >= 15 is 0 Å². The van der Waals surface area contributed by atoms with Gasteiger partial charge in [0.15, 0.2) is 10.0 Å². The lowest BCUT2D eigenvalue weighted by Gasteiger charge is -2.37. The van der Waals surface area contributed by atoms with Gasteiger partial charge in [-0.05, 0) is 95.9 Å². The lowest BCUT2D eigenvalue weighted by molar-refractivity contribution is -0.137. The van der Waals surface area contributed by atoms with Gasteiger partial charge in [0.2, 0.25) is 18.2 Å². The van der Waals surface area contributed by atoms with E-state index in [1.54, 1.807) is 38.4 Å². The van der Waals surface area contributed by atoms with Crippen molar-refractivity contribution in [3.8, 4) is 0 Å². The molecule has 10 rings (SSSR count). The molecule has 2 aliphatic carbocycles. The molecule has 2 fully saturated rings. The number of aromatic nitrogens is 6. The fourth-order valence-electron chi connectivity index (χ4n) is 10.0. The second-order valence-electron chi connectivity index (χ2n) is 22.0. The van der Waals surface area contributed by atoms with Gasteiger partial charge in [-0.2, -0.15) is 8.42 Å². The number of carboxylic acids is 2. The average molecular weight is 1400 g/mol. The Labute approximate surface area is 556 Å². The smallest absolute Gasteiger partial charge is 0.328 e. The van der Waals surface area contributed by atoms with Crippen LogP contribution in [0, 0.1) is 12.8 Å². The molecule has 0 spiro atoms. The molecule has 0 radical (unpaired) electrons. The monoisotopic (exact) mass is 1400 g/mol. The van der Waals surface area contributed by atoms with Crippen molar-refractivity contribution in [3.63, 3.8) is 0 Å². The predicted molar refractivity (Wildman–Crippen MR) is 342 cm³/mol. The number of hydrogen-bond donors (Lipinski definition) is 9. The van der Waals surface area contributed by atoms with E-state index in [4.69, 9.17) is 42.4 Å². The summed E-state index contributed by atoms with van der Waals surface area (Å²) in [5, 5.41) is 41.3. The van der Waals surface area contributed by atoms with Crippen molar-refractivity contribution in [1.82, 2.24) is 66.1 Å². The third-order valence-electron chi connectivity index (χ3n) is 14.8. The number of carbonyl (C=O) groups excluding carboxylic acids is 7. The fourth-order valence-corrected chi connectivity index (χ4v) is 12.9. The van der Waals surface area contributed by atoms with E-state index in [0.29, 0.717) is 76.6 Å². The maximum absolute atomic E-state index is 13.2. The van der Waals surface area contributed by atoms with Gasteiger partial charge in [0.1, 0.15) is 11.6 Å². The minimum Gasteiger partial charge on any atom is -0.478 e. The number of amides is 7. The largest absolute Gasteiger partial charge is 0.478 e. The second kappa shape index (κ2) is 34.4. The van der Waals surface area contributed by atoms with E-state index < -0.39 is 69.9 Å². The number of aliphatic carboxylic acids is 2. The number of carboxylic acid groups (broad SMARTS) is 2. The lowest BCUT2D eigenvalue weighted by atomic mass is 9.81. The van der Waals surface area contributed by atoms with Crippen LogP contribution in [0.25, 0.3) is 0 Å². The van der Waals surface area contributed by atoms with Crippen molar-refractivity contribution in [1.29, 1.82) is 0 Å². The number of thiazole rings is 2. The molecule has 7 heterocycles. The Hall–Kier alpha value is -8.74. The van der Waals surface area contributed by atoms with Crippen molar-refractivity contribution in [2.75, 3.05) is 51.9 Å². The van der Waals surface area contributed by atoms with E-state index in [0.717, 1.165) is 65.7 Å². The topological polar surface area (TPSA) is 452 Å². The minimum absolute atomic E-state index is 0. The van der Waals surface area contributed by atoms with Crippen LogP contribution in [-0.4, -0.2) is 192 Å². The number of hydrogen-bond acceptors (Lipinski definition) is 22. The Kier molecular flexibility index (Phi) is 27.2. The Morgan fingerprint density at radius 2 is 1.12 bits per heavy atom. The lowest BCUT2D eigenvalue weighted by Crippen LogP contribution is -2.57. The summed E-state index contributed by atoms with van der Waals surface area (Å²) in [6, 6.07) is 10.0. The summed E-state index contributed by atoms with van der Waals surface area (Å²) < 4.78 is 34.9. The summed E-state index contributed by atoms with van der Waals surface area (Å²) in [6.07, 6.45) is 9.56. The fraction of sp³-hybridized carbons (Fsp3) is 0.397. The molecule has 2 aliphatic heterocycles. The molecule has 11 N–H and O–H groups in total. The number of aryl methyl sites for hydroxylation is 1. The third-order valence-corrected chi connectivity index (χ3v) is 18.2. The first-order valence-electron chi connectivity index (χ1n) is 28.7. The molecule has 7 amide bonds. The normalized spacial score (nSPS) is 19.1. The van der Waals surface area contributed by atoms with Crippen LogP contribution in [-0.2, 0) is 69.6 Å². The number of likely N-dealkylation sites (N-methyl/N-ethyl adjacent to an activating group) is 2. The molecular weight excluding hydrogens is 1330 g/mol. The number of nitrogens with one attached hydrogen (secondary N) is 6. The van der Waals surface area contributed by atoms with Gasteiger partial charge in [0.25, 0.3) is 21.9 Å². The number of nitrogens with zero attached hydrogens (tertiary/aromatic N) is 9. The quantitative estimate of drug-likeness (QED) is 0.0455. The Balaban J connectivity index is 0.000000231. The highest BCUT2D eigenvalue weighted by atomic mass is 35.5. The molecular formula is C58H69Cl2N15O16S3. The molecule has 0 bridgehead atoms. The van der Waals surface area contributed by atoms with Crippen molar-refractivity contribution >= 4 is 121 Å². The average Bonchev–Trinajstić information content (AvgIpc) is 1.56. The summed E-state index contributed by atoms with van der Waals surface area (Å²) >= 11 is 14.4. The molecule has 0 saturated heterocycles. The van der Waals surface area contributed by atoms with Gasteiger partial charge in [0.05, 0.1) is 38.4 Å². The molecule has 2 saturated carbocycles. The van der Waals surface area contributed by atoms with Crippen LogP contribution in [0.1, 0.15) is 96.6 Å². The van der Waals surface area contributed by atoms with E-state index in [1.807, 2.05) is 21.0 Å². The summed E-state index contributed by atoms with van der Waals surface area (Å²) in [4.78, 5) is 134. The number of rotatable bonds is 13. The number of anilines is 2. The van der Waals surface area contributed by atoms with Crippen molar-refractivity contribution in [3.05, 3.63) is 132 Å². The van der Waals surface area contributed by atoms with Gasteiger partial charge in [-0.15, -0.1) is 32.9 Å². The zero-order chi connectivity index (χ0) is 67.7. The van der Waals surface area contributed by atoms with Crippen LogP contribution in [0.3, 0.4) is 0 Å². The Bertz CT molecular complexity index is 3790. The van der Waals surface area contributed by atoms with Crippen LogP contribution in [0.2, 0.25) is 10.0 Å². The Morgan fingerprint density at radius 1 is 0.649 bits per heavy atom. The number of fused-ring (bicyclic) bond motifs is 2. The third kappa shape index (κ3) is 22.2. The first kappa shape index (κ1) is 74.3. The molecule has 6 aromatic rings. The summed E-state index contributed by atoms with van der Waals surface area (Å²) in [5.74, 6) is -6.18. The van der Waals surface area contributed by atoms with Gasteiger partial charge in [-0.25, -0.2) is 29.5 Å². The number of carbonyl (C=O) groups is 9. The summed E-state index contributed by atoms with van der Waals surface area (Å²) in [6.45, 7) is 5.14. The van der Waals surface area contributed by atoms with E-state index in [2.05, 4.69) is 71.8 Å². The SMILES string of the molecule is CN1CCc2nc(C(=O)N[C@@H]3C[C@@H](C(=O)N(C)C)CC[C@@H]3NC(=O)C(=O)Nc3ccc(Cl)cn3)sc2C1.CN1CCc2nc(C(=O)N[C@@H]3C[C@@H](c4nnco4)CC[C@@H]3NC(=O)C(=O)Nc3ccc(Cl)cn3)sc2C1.Cc1ccc(S(=O)(=O)O)cc1.O.O=C(O)C=CC(=O)O. The molecule has 94 heavy (non-hydrogen) atoms. The van der Waals surface area contributed by atoms with Crippen LogP contribution in [0.4, 0.5) is 11.6 Å². The van der Waals surface area contributed by atoms with Gasteiger partial charge in [0, 0.05) is 111 Å². The first-order chi connectivity index (χ1) is 44.1. The van der Waals surface area contributed by atoms with Gasteiger partial charge < -0.3 is 66.7 Å². The number of benzene rings is 1. The van der Waals surface area contributed by atoms with Crippen molar-refractivity contribution in [2.24, 2.45) is 5.92 Å². The summed E-state index contributed by atoms with van der Waals surface area (Å²) in [5.41, 5.74) is 2.85. The van der Waals surface area contributed by atoms with E-state index in [-0.39, 0.29) is 51.6 Å². The standard InChI is InChI=1S/C24H30ClN7O4S.C23H25ClN8O4S.C7H8O3S.C4H4O4.H2O/c1-31(2)24(36)13-4-6-15(27-20(33)21(34)30-19-7-5-14(25)11-26-19)17(10-13)28-22(35)23-29-16-8-9-32(3)12-18(16)37-23;1-32-7-6-15-17(10-32)37-23(29-15)21(35)28-16-8-12(22-31-26-11-36-22)2-4-14(16)27-19(33)20(34)30-18-5-3-13(24)9-25-18;1-6-2-4-7(5-3-6)11(8,9)10;5-3(6)1-2-4(7)8;/h5,7,11,13,15,17H,4,6,8-10,12H2,1-3H3,(H,27,33)(H,28,35)(H,26,30,34);3,5,9,11-12,14,16H,2,4,6-8,10H2,1H3,(H,27,33)(H,28,35)(H,25,30,34);2-5H,1H3,(H,8,9,10);1-2H,(H,5,6)(H,7,8);1H2/t13-,15-,17+;12-,14-,16+;;;/m00.../s1. The number of pyridine rings is 2. The molecule has 31 nitrogen and oxygen atoms in total. The zero-order valence-electron chi connectivity index (χ0n) is 51.2. The molecule has 504 valence electrons. The molecule has 4 aliphatic rings. The molecule has 0 unspecified atom stereocenters. The van der Waals surface area contributed by atoms with Gasteiger partial charge >= 0.3 is 35.6 Å². The van der Waals surface area contributed by atoms with E-state index in [9.17, 15) is 51.6 Å². The second-order valence-corrected chi connectivity index (χ2v) is 26.5. The maximum Gasteiger partial charge on any atom is 0.328 e. The first-order valence-corrected chi connectivity index (χ1v) is 32.5. The van der Waals surface area contributed by atoms with Crippen molar-refractivity contribution < 1.29 is 76.2 Å². The molecule has 6 atom stereocenters. The van der Waals surface area contributed by atoms with Crippen LogP contribution in [0.5, 0.6) is 0 Å². The van der Waals surface area contributed by atoms with Gasteiger partial charge in [-0.3, -0.25) is 38.1 Å². The summed E-state index contributed by atoms with van der Waals surface area (Å²) in [7, 11) is 3.42. The number of halogens is 2. The highest BCUT2D eigenvalue weighted by molar-refractivity contribution is 7.85. The van der Waals surface area contributed by atoms with Crippen LogP contribution < -0.4 is 31.9 Å². The van der Waals surface area contributed by atoms with Gasteiger partial charge in [-0.1, -0.05) is 40.9 Å². The minimum atomic E-state index is -4.02. The Morgan fingerprint density at radius 3 is 1.53 bits per heavy atom. The molecule has 36 heteroatoms. The highest BCUT2D eigenvalue weighted by Gasteiger charge is 2.39. The maximum atomic E-state index is 13.2.